The van der Waals surface area contributed by atoms with E-state index in [1.54, 1.807) is 29.2 Å². The molecule has 1 fully saturated rings. The van der Waals surface area contributed by atoms with Crippen molar-refractivity contribution < 1.29 is 9.84 Å². The third kappa shape index (κ3) is 2.71. The molecule has 19 heavy (non-hydrogen) atoms. The molecule has 1 aliphatic rings. The lowest BCUT2D eigenvalue weighted by Crippen LogP contribution is -2.15. The minimum absolute atomic E-state index is 0.206. The fraction of sp³-hybridized carbons (Fsp3) is 0.357. The van der Waals surface area contributed by atoms with Gasteiger partial charge in [-0.1, -0.05) is 12.1 Å². The van der Waals surface area contributed by atoms with Gasteiger partial charge in [-0.25, -0.2) is 4.68 Å². The maximum Gasteiger partial charge on any atom is 0.157 e. The van der Waals surface area contributed by atoms with E-state index in [0.717, 1.165) is 25.3 Å². The Morgan fingerprint density at radius 2 is 2.32 bits per heavy atom. The number of hydrogen-bond donors (Lipinski definition) is 2. The van der Waals surface area contributed by atoms with Gasteiger partial charge in [0.15, 0.2) is 5.75 Å². The molecule has 0 saturated carbocycles. The van der Waals surface area contributed by atoms with E-state index < -0.39 is 0 Å². The van der Waals surface area contributed by atoms with Crippen molar-refractivity contribution in [3.05, 3.63) is 36.7 Å². The highest BCUT2D eigenvalue weighted by Crippen LogP contribution is 2.22. The number of aromatic nitrogens is 2. The van der Waals surface area contributed by atoms with Crippen LogP contribution in [0.1, 0.15) is 6.42 Å². The van der Waals surface area contributed by atoms with Crippen molar-refractivity contribution in [1.29, 1.82) is 0 Å². The number of phenols is 1. The standard InChI is InChI=1S/C14H17N3O2/c18-14-4-2-1-3-13(14)17-9-12(8-16-17)19-10-11-5-6-15-7-11/h1-4,8-9,11,15,18H,5-7,10H2. The van der Waals surface area contributed by atoms with Gasteiger partial charge in [0.25, 0.3) is 0 Å². The maximum atomic E-state index is 9.77. The minimum Gasteiger partial charge on any atom is -0.506 e. The summed E-state index contributed by atoms with van der Waals surface area (Å²) in [7, 11) is 0. The number of benzene rings is 1. The number of nitrogens with one attached hydrogen (secondary N) is 1. The Morgan fingerprint density at radius 1 is 1.42 bits per heavy atom. The molecule has 1 aromatic heterocycles. The zero-order chi connectivity index (χ0) is 13.1. The highest BCUT2D eigenvalue weighted by molar-refractivity contribution is 5.45. The first-order chi connectivity index (χ1) is 9.33. The SMILES string of the molecule is Oc1ccccc1-n1cc(OCC2CCNC2)cn1. The largest absolute Gasteiger partial charge is 0.506 e. The van der Waals surface area contributed by atoms with Crippen LogP contribution in [-0.2, 0) is 0 Å². The van der Waals surface area contributed by atoms with Crippen LogP contribution in [0.5, 0.6) is 11.5 Å². The van der Waals surface area contributed by atoms with Gasteiger partial charge in [-0.15, -0.1) is 0 Å². The fourth-order valence-electron chi connectivity index (χ4n) is 2.24. The van der Waals surface area contributed by atoms with Gasteiger partial charge >= 0.3 is 0 Å². The molecule has 100 valence electrons. The Hall–Kier alpha value is -2.01. The maximum absolute atomic E-state index is 9.77. The van der Waals surface area contributed by atoms with Crippen molar-refractivity contribution in [1.82, 2.24) is 15.1 Å². The second kappa shape index (κ2) is 5.32. The van der Waals surface area contributed by atoms with Crippen LogP contribution in [0.15, 0.2) is 36.7 Å². The van der Waals surface area contributed by atoms with Gasteiger partial charge in [0.1, 0.15) is 11.4 Å². The zero-order valence-electron chi connectivity index (χ0n) is 10.6. The molecule has 1 saturated heterocycles. The van der Waals surface area contributed by atoms with Gasteiger partial charge in [-0.3, -0.25) is 0 Å². The monoisotopic (exact) mass is 259 g/mol. The van der Waals surface area contributed by atoms with Crippen molar-refractivity contribution in [2.75, 3.05) is 19.7 Å². The van der Waals surface area contributed by atoms with E-state index in [1.165, 1.54) is 0 Å². The highest BCUT2D eigenvalue weighted by atomic mass is 16.5. The predicted molar refractivity (Wildman–Crippen MR) is 71.7 cm³/mol. The van der Waals surface area contributed by atoms with Crippen molar-refractivity contribution in [2.45, 2.75) is 6.42 Å². The second-order valence-electron chi connectivity index (χ2n) is 4.78. The molecule has 5 heteroatoms. The van der Waals surface area contributed by atoms with Crippen LogP contribution in [0.2, 0.25) is 0 Å². The predicted octanol–water partition coefficient (Wildman–Crippen LogP) is 1.57. The first-order valence-corrected chi connectivity index (χ1v) is 6.49. The summed E-state index contributed by atoms with van der Waals surface area (Å²) < 4.78 is 7.35. The molecule has 2 N–H and O–H groups in total. The van der Waals surface area contributed by atoms with Gasteiger partial charge in [0, 0.05) is 12.5 Å². The lowest BCUT2D eigenvalue weighted by Gasteiger charge is -2.08. The molecular formula is C14H17N3O2. The van der Waals surface area contributed by atoms with Crippen molar-refractivity contribution in [2.24, 2.45) is 5.92 Å². The molecule has 1 unspecified atom stereocenters. The van der Waals surface area contributed by atoms with Gasteiger partial charge in [-0.2, -0.15) is 5.10 Å². The first-order valence-electron chi connectivity index (χ1n) is 6.49. The third-order valence-corrected chi connectivity index (χ3v) is 3.34. The quantitative estimate of drug-likeness (QED) is 0.875. The molecule has 1 aromatic carbocycles. The van der Waals surface area contributed by atoms with Crippen molar-refractivity contribution in [3.63, 3.8) is 0 Å². The summed E-state index contributed by atoms with van der Waals surface area (Å²) in [5, 5.41) is 17.3. The fourth-order valence-corrected chi connectivity index (χ4v) is 2.24. The van der Waals surface area contributed by atoms with Crippen LogP contribution in [0, 0.1) is 5.92 Å². The Bertz CT molecular complexity index is 547. The van der Waals surface area contributed by atoms with Gasteiger partial charge in [0.05, 0.1) is 19.0 Å². The number of nitrogens with zero attached hydrogens (tertiary/aromatic N) is 2. The molecule has 2 aromatic rings. The number of ether oxygens (including phenoxy) is 1. The molecule has 0 aliphatic carbocycles. The molecule has 3 rings (SSSR count). The Kier molecular flexibility index (Phi) is 3.37. The summed E-state index contributed by atoms with van der Waals surface area (Å²) >= 11 is 0. The minimum atomic E-state index is 0.206. The Morgan fingerprint density at radius 3 is 3.11 bits per heavy atom. The molecule has 0 spiro atoms. The van der Waals surface area contributed by atoms with E-state index in [0.29, 0.717) is 18.2 Å². The van der Waals surface area contributed by atoms with Crippen LogP contribution in [0.3, 0.4) is 0 Å². The molecule has 5 nitrogen and oxygen atoms in total. The summed E-state index contributed by atoms with van der Waals surface area (Å²) in [6, 6.07) is 7.10. The molecule has 2 heterocycles. The van der Waals surface area contributed by atoms with E-state index >= 15 is 0 Å². The molecule has 0 bridgehead atoms. The Balaban J connectivity index is 1.67. The van der Waals surface area contributed by atoms with E-state index in [2.05, 4.69) is 10.4 Å². The van der Waals surface area contributed by atoms with Crippen LogP contribution in [0.4, 0.5) is 0 Å². The molecule has 1 atom stereocenters. The number of para-hydroxylation sites is 2. The number of rotatable bonds is 4. The summed E-state index contributed by atoms with van der Waals surface area (Å²) in [4.78, 5) is 0. The summed E-state index contributed by atoms with van der Waals surface area (Å²) in [5.74, 6) is 1.51. The average Bonchev–Trinajstić information content (AvgIpc) is 3.08. The summed E-state index contributed by atoms with van der Waals surface area (Å²) in [6.07, 6.45) is 4.62. The lowest BCUT2D eigenvalue weighted by atomic mass is 10.1. The molecule has 0 radical (unpaired) electrons. The average molecular weight is 259 g/mol. The second-order valence-corrected chi connectivity index (χ2v) is 4.78. The topological polar surface area (TPSA) is 59.3 Å². The van der Waals surface area contributed by atoms with Crippen molar-refractivity contribution in [3.8, 4) is 17.2 Å². The van der Waals surface area contributed by atoms with E-state index in [1.807, 2.05) is 12.1 Å². The van der Waals surface area contributed by atoms with Gasteiger partial charge < -0.3 is 15.2 Å². The molecule has 1 aliphatic heterocycles. The zero-order valence-corrected chi connectivity index (χ0v) is 10.6. The van der Waals surface area contributed by atoms with Crippen LogP contribution in [-0.4, -0.2) is 34.6 Å². The summed E-state index contributed by atoms with van der Waals surface area (Å²) in [5.41, 5.74) is 0.653. The van der Waals surface area contributed by atoms with E-state index in [4.69, 9.17) is 4.74 Å². The summed E-state index contributed by atoms with van der Waals surface area (Å²) in [6.45, 7) is 2.80. The first kappa shape index (κ1) is 12.0. The highest BCUT2D eigenvalue weighted by Gasteiger charge is 2.15. The number of hydrogen-bond acceptors (Lipinski definition) is 4. The molecule has 0 amide bonds. The van der Waals surface area contributed by atoms with Crippen LogP contribution >= 0.6 is 0 Å². The van der Waals surface area contributed by atoms with Crippen molar-refractivity contribution >= 4 is 0 Å². The number of aromatic hydroxyl groups is 1. The molecular weight excluding hydrogens is 242 g/mol. The van der Waals surface area contributed by atoms with E-state index in [9.17, 15) is 5.11 Å². The van der Waals surface area contributed by atoms with Gasteiger partial charge in [0.2, 0.25) is 0 Å². The van der Waals surface area contributed by atoms with E-state index in [-0.39, 0.29) is 5.75 Å². The van der Waals surface area contributed by atoms with Crippen LogP contribution in [0.25, 0.3) is 5.69 Å². The smallest absolute Gasteiger partial charge is 0.157 e. The lowest BCUT2D eigenvalue weighted by molar-refractivity contribution is 0.260. The Labute approximate surface area is 111 Å². The normalized spacial score (nSPS) is 18.6. The van der Waals surface area contributed by atoms with Gasteiger partial charge in [-0.05, 0) is 25.1 Å². The number of phenolic OH excluding ortho intramolecular Hbond substituents is 1. The third-order valence-electron chi connectivity index (χ3n) is 3.34. The van der Waals surface area contributed by atoms with Crippen LogP contribution < -0.4 is 10.1 Å².